The number of carbonyl (C=O) groups excluding carboxylic acids is 2. The zero-order valence-electron chi connectivity index (χ0n) is 11.9. The van der Waals surface area contributed by atoms with Crippen molar-refractivity contribution in [2.45, 2.75) is 44.4 Å². The summed E-state index contributed by atoms with van der Waals surface area (Å²) in [7, 11) is 0. The van der Waals surface area contributed by atoms with E-state index in [0.717, 1.165) is 24.3 Å². The molecule has 0 spiro atoms. The van der Waals surface area contributed by atoms with Crippen molar-refractivity contribution in [1.29, 1.82) is 0 Å². The molecular weight excluding hydrogens is 288 g/mol. The van der Waals surface area contributed by atoms with E-state index in [1.54, 1.807) is 16.2 Å². The molecule has 0 unspecified atom stereocenters. The van der Waals surface area contributed by atoms with Gasteiger partial charge in [0.05, 0.1) is 12.6 Å². The van der Waals surface area contributed by atoms with Crippen LogP contribution in [-0.4, -0.2) is 42.0 Å². The Balaban J connectivity index is 1.56. The number of likely N-dealkylation sites (tertiary alicyclic amines) is 1. The van der Waals surface area contributed by atoms with E-state index in [2.05, 4.69) is 5.32 Å². The zero-order valence-corrected chi connectivity index (χ0v) is 12.7. The number of carbonyl (C=O) groups is 2. The number of ether oxygens (including phenoxy) is 1. The molecule has 21 heavy (non-hydrogen) atoms. The Bertz CT molecular complexity index is 497. The molecule has 0 radical (unpaired) electrons. The molecule has 6 heteroatoms. The van der Waals surface area contributed by atoms with Gasteiger partial charge in [0.25, 0.3) is 0 Å². The fourth-order valence-electron chi connectivity index (χ4n) is 2.91. The lowest BCUT2D eigenvalue weighted by Gasteiger charge is -2.24. The van der Waals surface area contributed by atoms with Crippen LogP contribution in [0.1, 0.15) is 30.6 Å². The van der Waals surface area contributed by atoms with Crippen LogP contribution in [0.25, 0.3) is 0 Å². The smallest absolute Gasteiger partial charge is 0.242 e. The Labute approximate surface area is 128 Å². The normalized spacial score (nSPS) is 25.5. The molecule has 5 nitrogen and oxygen atoms in total. The molecule has 0 bridgehead atoms. The summed E-state index contributed by atoms with van der Waals surface area (Å²) in [5.74, 6) is 0.0218. The van der Waals surface area contributed by atoms with Crippen LogP contribution in [0.3, 0.4) is 0 Å². The molecule has 0 aliphatic carbocycles. The molecule has 1 aromatic rings. The number of nitrogens with zero attached hydrogens (tertiary/aromatic N) is 1. The van der Waals surface area contributed by atoms with Crippen LogP contribution in [0.4, 0.5) is 0 Å². The summed E-state index contributed by atoms with van der Waals surface area (Å²) in [5, 5.41) is 4.93. The Morgan fingerprint density at radius 3 is 3.10 bits per heavy atom. The van der Waals surface area contributed by atoms with E-state index in [1.807, 2.05) is 17.5 Å². The van der Waals surface area contributed by atoms with Gasteiger partial charge in [-0.15, -0.1) is 11.3 Å². The number of nitrogens with one attached hydrogen (secondary N) is 1. The maximum absolute atomic E-state index is 12.3. The zero-order chi connectivity index (χ0) is 14.7. The van der Waals surface area contributed by atoms with E-state index in [-0.39, 0.29) is 24.0 Å². The monoisotopic (exact) mass is 308 g/mol. The maximum Gasteiger partial charge on any atom is 0.242 e. The van der Waals surface area contributed by atoms with Crippen LogP contribution in [-0.2, 0) is 20.9 Å². The fourth-order valence-corrected chi connectivity index (χ4v) is 3.62. The highest BCUT2D eigenvalue weighted by atomic mass is 32.1. The minimum atomic E-state index is -0.332. The van der Waals surface area contributed by atoms with E-state index < -0.39 is 0 Å². The molecule has 2 amide bonds. The third-order valence-electron chi connectivity index (χ3n) is 4.07. The maximum atomic E-state index is 12.3. The minimum Gasteiger partial charge on any atom is -0.376 e. The highest BCUT2D eigenvalue weighted by molar-refractivity contribution is 7.09. The predicted molar refractivity (Wildman–Crippen MR) is 79.9 cm³/mol. The highest BCUT2D eigenvalue weighted by Gasteiger charge is 2.36. The lowest BCUT2D eigenvalue weighted by atomic mass is 10.2. The molecule has 2 aliphatic heterocycles. The molecule has 2 atom stereocenters. The first kappa shape index (κ1) is 14.5. The summed E-state index contributed by atoms with van der Waals surface area (Å²) in [6.07, 6.45) is 3.28. The van der Waals surface area contributed by atoms with E-state index in [0.29, 0.717) is 25.9 Å². The van der Waals surface area contributed by atoms with E-state index in [4.69, 9.17) is 4.74 Å². The summed E-state index contributed by atoms with van der Waals surface area (Å²) in [5.41, 5.74) is 0. The van der Waals surface area contributed by atoms with Crippen LogP contribution >= 0.6 is 11.3 Å². The van der Waals surface area contributed by atoms with Gasteiger partial charge >= 0.3 is 0 Å². The summed E-state index contributed by atoms with van der Waals surface area (Å²) in [4.78, 5) is 27.1. The Morgan fingerprint density at radius 1 is 1.48 bits per heavy atom. The summed E-state index contributed by atoms with van der Waals surface area (Å²) >= 11 is 1.61. The van der Waals surface area contributed by atoms with Crippen LogP contribution < -0.4 is 5.32 Å². The van der Waals surface area contributed by atoms with Crippen LogP contribution in [0.5, 0.6) is 0 Å². The first-order chi connectivity index (χ1) is 10.2. The van der Waals surface area contributed by atoms with Gasteiger partial charge in [-0.05, 0) is 30.7 Å². The van der Waals surface area contributed by atoms with Gasteiger partial charge in [0.1, 0.15) is 6.04 Å². The molecule has 2 saturated heterocycles. The van der Waals surface area contributed by atoms with E-state index in [9.17, 15) is 9.59 Å². The lowest BCUT2D eigenvalue weighted by Crippen LogP contribution is -2.46. The van der Waals surface area contributed by atoms with Crippen LogP contribution in [0, 0.1) is 0 Å². The summed E-state index contributed by atoms with van der Waals surface area (Å²) in [6.45, 7) is 1.87. The van der Waals surface area contributed by atoms with Crippen LogP contribution in [0.15, 0.2) is 17.5 Å². The van der Waals surface area contributed by atoms with Crippen molar-refractivity contribution in [3.8, 4) is 0 Å². The van der Waals surface area contributed by atoms with Gasteiger partial charge in [-0.25, -0.2) is 0 Å². The molecule has 2 aliphatic rings. The largest absolute Gasteiger partial charge is 0.376 e. The summed E-state index contributed by atoms with van der Waals surface area (Å²) < 4.78 is 5.51. The van der Waals surface area contributed by atoms with Crippen molar-refractivity contribution < 1.29 is 14.3 Å². The Kier molecular flexibility index (Phi) is 4.55. The van der Waals surface area contributed by atoms with Gasteiger partial charge < -0.3 is 15.0 Å². The molecule has 0 aromatic carbocycles. The molecule has 3 rings (SSSR count). The van der Waals surface area contributed by atoms with E-state index >= 15 is 0 Å². The van der Waals surface area contributed by atoms with Gasteiger partial charge in [-0.3, -0.25) is 9.59 Å². The number of hydrogen-bond acceptors (Lipinski definition) is 4. The third-order valence-corrected chi connectivity index (χ3v) is 4.93. The molecule has 0 saturated carbocycles. The molecule has 3 heterocycles. The second-order valence-electron chi connectivity index (χ2n) is 5.54. The third kappa shape index (κ3) is 3.44. The molecule has 1 N–H and O–H groups in total. The SMILES string of the molecule is O=C(NC[C@H]1CCCO1)[C@@H]1CCC(=O)N1Cc1cccs1. The number of amides is 2. The number of rotatable bonds is 5. The van der Waals surface area contributed by atoms with Crippen molar-refractivity contribution in [3.63, 3.8) is 0 Å². The Hall–Kier alpha value is -1.40. The quantitative estimate of drug-likeness (QED) is 0.897. The lowest BCUT2D eigenvalue weighted by molar-refractivity contribution is -0.136. The van der Waals surface area contributed by atoms with Gasteiger partial charge in [0, 0.05) is 24.4 Å². The Morgan fingerprint density at radius 2 is 2.38 bits per heavy atom. The summed E-state index contributed by atoms with van der Waals surface area (Å²) in [6, 6.07) is 3.63. The van der Waals surface area contributed by atoms with Crippen molar-refractivity contribution in [2.75, 3.05) is 13.2 Å². The van der Waals surface area contributed by atoms with Gasteiger partial charge in [-0.2, -0.15) is 0 Å². The van der Waals surface area contributed by atoms with Gasteiger partial charge in [-0.1, -0.05) is 6.07 Å². The van der Waals surface area contributed by atoms with Gasteiger partial charge in [0.2, 0.25) is 11.8 Å². The average Bonchev–Trinajstić information content (AvgIpc) is 3.21. The molecule has 1 aromatic heterocycles. The average molecular weight is 308 g/mol. The van der Waals surface area contributed by atoms with E-state index in [1.165, 1.54) is 0 Å². The molecular formula is C15H20N2O3S. The second-order valence-corrected chi connectivity index (χ2v) is 6.57. The number of thiophene rings is 1. The van der Waals surface area contributed by atoms with Crippen molar-refractivity contribution >= 4 is 23.2 Å². The minimum absolute atomic E-state index is 0.0482. The highest BCUT2D eigenvalue weighted by Crippen LogP contribution is 2.23. The standard InChI is InChI=1S/C15H20N2O3S/c18-14-6-5-13(17(14)10-12-4-2-8-21-12)15(19)16-9-11-3-1-7-20-11/h2,4,8,11,13H,1,3,5-7,9-10H2,(H,16,19)/t11-,13+/m1/s1. The van der Waals surface area contributed by atoms with Crippen molar-refractivity contribution in [3.05, 3.63) is 22.4 Å². The van der Waals surface area contributed by atoms with Crippen LogP contribution in [0.2, 0.25) is 0 Å². The number of hydrogen-bond donors (Lipinski definition) is 1. The predicted octanol–water partition coefficient (Wildman–Crippen LogP) is 1.53. The molecule has 2 fully saturated rings. The second kappa shape index (κ2) is 6.58. The fraction of sp³-hybridized carbons (Fsp3) is 0.600. The van der Waals surface area contributed by atoms with Crippen molar-refractivity contribution in [2.24, 2.45) is 0 Å². The first-order valence-corrected chi connectivity index (χ1v) is 8.33. The van der Waals surface area contributed by atoms with Crippen molar-refractivity contribution in [1.82, 2.24) is 10.2 Å². The van der Waals surface area contributed by atoms with Gasteiger partial charge in [0.15, 0.2) is 0 Å². The first-order valence-electron chi connectivity index (χ1n) is 7.45. The topological polar surface area (TPSA) is 58.6 Å². The molecule has 114 valence electrons.